The summed E-state index contributed by atoms with van der Waals surface area (Å²) in [7, 11) is 1.58. The Hall–Kier alpha value is -3.15. The Kier molecular flexibility index (Phi) is 3.80. The molecule has 6 heteroatoms. The van der Waals surface area contributed by atoms with Gasteiger partial charge in [0.15, 0.2) is 5.69 Å². The zero-order valence-corrected chi connectivity index (χ0v) is 12.7. The minimum absolute atomic E-state index is 0.0848. The van der Waals surface area contributed by atoms with Crippen molar-refractivity contribution >= 4 is 5.97 Å². The van der Waals surface area contributed by atoms with Crippen molar-refractivity contribution in [2.75, 3.05) is 7.11 Å². The van der Waals surface area contributed by atoms with Crippen molar-refractivity contribution in [1.82, 2.24) is 15.0 Å². The number of carboxylic acid groups (broad SMARTS) is 1. The summed E-state index contributed by atoms with van der Waals surface area (Å²) in [5.41, 5.74) is 2.83. The number of aromatic carboxylic acids is 1. The van der Waals surface area contributed by atoms with Crippen LogP contribution in [0.15, 0.2) is 48.5 Å². The first-order chi connectivity index (χ1) is 11.1. The maximum atomic E-state index is 11.5. The Bertz CT molecular complexity index is 854. The molecule has 0 radical (unpaired) electrons. The average molecular weight is 309 g/mol. The highest BCUT2D eigenvalue weighted by molar-refractivity contribution is 5.93. The van der Waals surface area contributed by atoms with Crippen LogP contribution in [-0.2, 0) is 0 Å². The van der Waals surface area contributed by atoms with E-state index in [0.717, 1.165) is 11.3 Å². The van der Waals surface area contributed by atoms with Crippen molar-refractivity contribution in [3.8, 4) is 22.7 Å². The molecule has 6 nitrogen and oxygen atoms in total. The van der Waals surface area contributed by atoms with Crippen LogP contribution in [0, 0.1) is 6.92 Å². The third-order valence-corrected chi connectivity index (χ3v) is 3.58. The molecule has 23 heavy (non-hydrogen) atoms. The van der Waals surface area contributed by atoms with E-state index in [4.69, 9.17) is 4.74 Å². The summed E-state index contributed by atoms with van der Waals surface area (Å²) >= 11 is 0. The fourth-order valence-electron chi connectivity index (χ4n) is 2.40. The second kappa shape index (κ2) is 5.92. The second-order valence-electron chi connectivity index (χ2n) is 5.02. The molecule has 0 atom stereocenters. The summed E-state index contributed by atoms with van der Waals surface area (Å²) in [6, 6.07) is 14.7. The maximum absolute atomic E-state index is 11.5. The van der Waals surface area contributed by atoms with Gasteiger partial charge >= 0.3 is 5.97 Å². The Balaban J connectivity index is 2.22. The van der Waals surface area contributed by atoms with Gasteiger partial charge < -0.3 is 9.84 Å². The predicted octanol–water partition coefficient (Wildman–Crippen LogP) is 2.95. The predicted molar refractivity (Wildman–Crippen MR) is 85.0 cm³/mol. The molecular formula is C17H15N3O3. The van der Waals surface area contributed by atoms with E-state index in [9.17, 15) is 9.90 Å². The number of nitrogens with zero attached hydrogens (tertiary/aromatic N) is 3. The summed E-state index contributed by atoms with van der Waals surface area (Å²) in [6.07, 6.45) is 0. The number of benzene rings is 2. The van der Waals surface area contributed by atoms with Crippen molar-refractivity contribution in [2.45, 2.75) is 6.92 Å². The third-order valence-electron chi connectivity index (χ3n) is 3.58. The lowest BCUT2D eigenvalue weighted by atomic mass is 10.1. The van der Waals surface area contributed by atoms with E-state index in [2.05, 4.69) is 10.3 Å². The smallest absolute Gasteiger partial charge is 0.358 e. The first-order valence-corrected chi connectivity index (χ1v) is 7.01. The highest BCUT2D eigenvalue weighted by Crippen LogP contribution is 2.28. The molecular weight excluding hydrogens is 294 g/mol. The van der Waals surface area contributed by atoms with Gasteiger partial charge in [-0.3, -0.25) is 0 Å². The normalized spacial score (nSPS) is 10.5. The first-order valence-electron chi connectivity index (χ1n) is 7.01. The molecule has 3 aromatic rings. The molecule has 0 amide bonds. The van der Waals surface area contributed by atoms with Gasteiger partial charge in [-0.25, -0.2) is 9.48 Å². The van der Waals surface area contributed by atoms with E-state index in [1.165, 1.54) is 0 Å². The topological polar surface area (TPSA) is 77.2 Å². The number of carboxylic acids is 1. The Morgan fingerprint density at radius 2 is 1.83 bits per heavy atom. The molecule has 116 valence electrons. The summed E-state index contributed by atoms with van der Waals surface area (Å²) < 4.78 is 6.70. The van der Waals surface area contributed by atoms with Gasteiger partial charge in [-0.15, -0.1) is 5.10 Å². The monoisotopic (exact) mass is 309 g/mol. The molecule has 0 bridgehead atoms. The van der Waals surface area contributed by atoms with Gasteiger partial charge in [0.2, 0.25) is 0 Å². The highest BCUT2D eigenvalue weighted by Gasteiger charge is 2.22. The zero-order chi connectivity index (χ0) is 16.4. The van der Waals surface area contributed by atoms with Crippen molar-refractivity contribution in [1.29, 1.82) is 0 Å². The van der Waals surface area contributed by atoms with Gasteiger partial charge in [0, 0.05) is 5.56 Å². The van der Waals surface area contributed by atoms with E-state index in [1.807, 2.05) is 31.2 Å². The third kappa shape index (κ3) is 2.66. The Morgan fingerprint density at radius 1 is 1.13 bits per heavy atom. The van der Waals surface area contributed by atoms with E-state index >= 15 is 0 Å². The first kappa shape index (κ1) is 14.8. The quantitative estimate of drug-likeness (QED) is 0.801. The van der Waals surface area contributed by atoms with Crippen LogP contribution in [0.2, 0.25) is 0 Å². The number of rotatable bonds is 4. The minimum atomic E-state index is -1.12. The molecule has 0 fully saturated rings. The van der Waals surface area contributed by atoms with Crippen molar-refractivity contribution in [2.24, 2.45) is 0 Å². The molecule has 1 heterocycles. The molecule has 0 spiro atoms. The number of aryl methyl sites for hydroxylation is 1. The number of hydrogen-bond acceptors (Lipinski definition) is 4. The molecule has 1 aromatic heterocycles. The number of aromatic nitrogens is 3. The molecule has 0 saturated heterocycles. The van der Waals surface area contributed by atoms with E-state index in [0.29, 0.717) is 17.0 Å². The summed E-state index contributed by atoms with van der Waals surface area (Å²) in [5, 5.41) is 17.3. The molecule has 0 aliphatic heterocycles. The van der Waals surface area contributed by atoms with Gasteiger partial charge in [0.05, 0.1) is 12.8 Å². The number of methoxy groups -OCH3 is 1. The fourth-order valence-corrected chi connectivity index (χ4v) is 2.40. The van der Waals surface area contributed by atoms with Crippen molar-refractivity contribution < 1.29 is 14.6 Å². The standard InChI is InChI=1S/C17H15N3O3/c1-11-5-3-4-6-14(11)20-16(15(17(21)22)18-19-20)12-7-9-13(23-2)10-8-12/h3-10H,1-2H3,(H,21,22). The van der Waals surface area contributed by atoms with Crippen LogP contribution in [0.25, 0.3) is 16.9 Å². The lowest BCUT2D eigenvalue weighted by molar-refractivity contribution is 0.0691. The van der Waals surface area contributed by atoms with Gasteiger partial charge in [-0.05, 0) is 42.8 Å². The average Bonchev–Trinajstić information content (AvgIpc) is 3.00. The Labute approximate surface area is 133 Å². The lowest BCUT2D eigenvalue weighted by Gasteiger charge is -2.10. The molecule has 1 N–H and O–H groups in total. The van der Waals surface area contributed by atoms with Gasteiger partial charge in [-0.1, -0.05) is 23.4 Å². The van der Waals surface area contributed by atoms with Crippen LogP contribution < -0.4 is 4.74 Å². The van der Waals surface area contributed by atoms with Crippen LogP contribution in [0.4, 0.5) is 0 Å². The van der Waals surface area contributed by atoms with Gasteiger partial charge in [0.1, 0.15) is 11.4 Å². The number of para-hydroxylation sites is 1. The largest absolute Gasteiger partial charge is 0.497 e. The van der Waals surface area contributed by atoms with Crippen LogP contribution in [0.5, 0.6) is 5.75 Å². The fraction of sp³-hybridized carbons (Fsp3) is 0.118. The second-order valence-corrected chi connectivity index (χ2v) is 5.02. The van der Waals surface area contributed by atoms with Crippen molar-refractivity contribution in [3.05, 3.63) is 59.8 Å². The van der Waals surface area contributed by atoms with Gasteiger partial charge in [-0.2, -0.15) is 0 Å². The number of hydrogen-bond donors (Lipinski definition) is 1. The van der Waals surface area contributed by atoms with Crippen LogP contribution in [-0.4, -0.2) is 33.2 Å². The molecule has 0 saturated carbocycles. The van der Waals surface area contributed by atoms with E-state index < -0.39 is 5.97 Å². The summed E-state index contributed by atoms with van der Waals surface area (Å²) in [4.78, 5) is 11.5. The van der Waals surface area contributed by atoms with E-state index in [-0.39, 0.29) is 5.69 Å². The van der Waals surface area contributed by atoms with E-state index in [1.54, 1.807) is 36.1 Å². The minimum Gasteiger partial charge on any atom is -0.497 e. The molecule has 2 aromatic carbocycles. The highest BCUT2D eigenvalue weighted by atomic mass is 16.5. The van der Waals surface area contributed by atoms with Crippen LogP contribution in [0.3, 0.4) is 0 Å². The summed E-state index contributed by atoms with van der Waals surface area (Å²) in [5.74, 6) is -0.420. The lowest BCUT2D eigenvalue weighted by Crippen LogP contribution is -2.04. The molecule has 0 unspecified atom stereocenters. The van der Waals surface area contributed by atoms with Gasteiger partial charge in [0.25, 0.3) is 0 Å². The Morgan fingerprint density at radius 3 is 2.43 bits per heavy atom. The van der Waals surface area contributed by atoms with Crippen LogP contribution >= 0.6 is 0 Å². The van der Waals surface area contributed by atoms with Crippen LogP contribution in [0.1, 0.15) is 16.1 Å². The zero-order valence-electron chi connectivity index (χ0n) is 12.7. The molecule has 0 aliphatic rings. The molecule has 0 aliphatic carbocycles. The molecule has 3 rings (SSSR count). The van der Waals surface area contributed by atoms with Crippen molar-refractivity contribution in [3.63, 3.8) is 0 Å². The summed E-state index contributed by atoms with van der Waals surface area (Å²) in [6.45, 7) is 1.94. The maximum Gasteiger partial charge on any atom is 0.358 e. The number of ether oxygens (including phenoxy) is 1. The number of carbonyl (C=O) groups is 1. The SMILES string of the molecule is COc1ccc(-c2c(C(=O)O)nnn2-c2ccccc2C)cc1.